The van der Waals surface area contributed by atoms with Gasteiger partial charge in [0.05, 0.1) is 7.11 Å². The third-order valence-electron chi connectivity index (χ3n) is 5.66. The Balaban J connectivity index is 1.62. The van der Waals surface area contributed by atoms with Crippen molar-refractivity contribution in [2.75, 3.05) is 18.7 Å². The molecule has 0 radical (unpaired) electrons. The molecule has 1 aliphatic carbocycles. The molecule has 0 atom stereocenters. The highest BCUT2D eigenvalue weighted by atomic mass is 16.5. The van der Waals surface area contributed by atoms with Crippen LogP contribution in [-0.2, 0) is 19.4 Å². The van der Waals surface area contributed by atoms with Crippen molar-refractivity contribution >= 4 is 16.7 Å². The summed E-state index contributed by atoms with van der Waals surface area (Å²) in [4.78, 5) is 14.5. The van der Waals surface area contributed by atoms with Crippen molar-refractivity contribution in [2.24, 2.45) is 0 Å². The Bertz CT molecular complexity index is 1120. The smallest absolute Gasteiger partial charge is 0.339 e. The van der Waals surface area contributed by atoms with Gasteiger partial charge >= 0.3 is 5.63 Å². The minimum absolute atomic E-state index is 0.188. The zero-order valence-electron chi connectivity index (χ0n) is 15.5. The second-order valence-electron chi connectivity index (χ2n) is 7.24. The predicted molar refractivity (Wildman–Crippen MR) is 104 cm³/mol. The van der Waals surface area contributed by atoms with Crippen molar-refractivity contribution in [3.8, 4) is 11.5 Å². The summed E-state index contributed by atoms with van der Waals surface area (Å²) in [6.45, 7) is 3.17. The van der Waals surface area contributed by atoms with Crippen LogP contribution in [0.25, 0.3) is 11.0 Å². The van der Waals surface area contributed by atoms with Crippen molar-refractivity contribution < 1.29 is 13.9 Å². The fourth-order valence-electron chi connectivity index (χ4n) is 4.31. The molecule has 2 aliphatic rings. The first-order valence-corrected chi connectivity index (χ1v) is 9.28. The Morgan fingerprint density at radius 1 is 1.15 bits per heavy atom. The molecule has 0 amide bonds. The van der Waals surface area contributed by atoms with Crippen molar-refractivity contribution in [2.45, 2.75) is 32.7 Å². The maximum Gasteiger partial charge on any atom is 0.339 e. The Morgan fingerprint density at radius 2 is 2.00 bits per heavy atom. The minimum Gasteiger partial charge on any atom is -0.497 e. The SMILES string of the molecule is COc1cccc(N2COc3c(cc4c5c(c(=O)oc4c3C)CCC5)C2)c1. The Kier molecular flexibility index (Phi) is 3.64. The molecule has 0 spiro atoms. The van der Waals surface area contributed by atoms with E-state index in [1.807, 2.05) is 25.1 Å². The van der Waals surface area contributed by atoms with Gasteiger partial charge in [-0.3, -0.25) is 0 Å². The van der Waals surface area contributed by atoms with E-state index in [9.17, 15) is 4.79 Å². The standard InChI is InChI=1S/C22H21NO4/c1-13-20-14(9-19-17-7-4-8-18(17)22(24)27-21(13)19)11-23(12-26-20)15-5-3-6-16(10-15)25-2/h3,5-6,9-10H,4,7-8,11-12H2,1-2H3. The molecule has 0 saturated carbocycles. The predicted octanol–water partition coefficient (Wildman–Crippen LogP) is 3.96. The lowest BCUT2D eigenvalue weighted by molar-refractivity contribution is 0.287. The van der Waals surface area contributed by atoms with Crippen molar-refractivity contribution in [3.63, 3.8) is 0 Å². The highest BCUT2D eigenvalue weighted by molar-refractivity contribution is 5.88. The zero-order chi connectivity index (χ0) is 18.5. The maximum atomic E-state index is 12.3. The number of aryl methyl sites for hydroxylation is 2. The molecular weight excluding hydrogens is 342 g/mol. The van der Waals surface area contributed by atoms with Crippen LogP contribution in [-0.4, -0.2) is 13.8 Å². The van der Waals surface area contributed by atoms with E-state index < -0.39 is 0 Å². The molecule has 1 aromatic heterocycles. The van der Waals surface area contributed by atoms with Crippen LogP contribution in [0.1, 0.15) is 28.7 Å². The molecule has 0 N–H and O–H groups in total. The lowest BCUT2D eigenvalue weighted by Gasteiger charge is -2.32. The number of anilines is 1. The van der Waals surface area contributed by atoms with Crippen LogP contribution in [0.4, 0.5) is 5.69 Å². The third kappa shape index (κ3) is 2.49. The molecule has 2 heterocycles. The first kappa shape index (κ1) is 16.2. The van der Waals surface area contributed by atoms with Crippen LogP contribution in [0, 0.1) is 6.92 Å². The number of methoxy groups -OCH3 is 1. The Labute approximate surface area is 157 Å². The van der Waals surface area contributed by atoms with E-state index in [1.165, 1.54) is 0 Å². The van der Waals surface area contributed by atoms with Crippen LogP contribution in [0.5, 0.6) is 11.5 Å². The summed E-state index contributed by atoms with van der Waals surface area (Å²) < 4.78 is 17.1. The summed E-state index contributed by atoms with van der Waals surface area (Å²) in [6.07, 6.45) is 2.77. The van der Waals surface area contributed by atoms with Gasteiger partial charge in [0, 0.05) is 40.4 Å². The molecule has 5 nitrogen and oxygen atoms in total. The molecule has 0 bridgehead atoms. The summed E-state index contributed by atoms with van der Waals surface area (Å²) in [5, 5.41) is 1.06. The zero-order valence-corrected chi connectivity index (χ0v) is 15.5. The number of hydrogen-bond acceptors (Lipinski definition) is 5. The van der Waals surface area contributed by atoms with E-state index in [0.717, 1.165) is 70.6 Å². The van der Waals surface area contributed by atoms with Crippen molar-refractivity contribution in [3.05, 3.63) is 63.0 Å². The van der Waals surface area contributed by atoms with E-state index in [1.54, 1.807) is 7.11 Å². The van der Waals surface area contributed by atoms with Crippen LogP contribution < -0.4 is 20.0 Å². The summed E-state index contributed by atoms with van der Waals surface area (Å²) in [6, 6.07) is 10.1. The van der Waals surface area contributed by atoms with E-state index in [-0.39, 0.29) is 5.63 Å². The van der Waals surface area contributed by atoms with Gasteiger partial charge in [-0.1, -0.05) is 6.07 Å². The number of rotatable bonds is 2. The third-order valence-corrected chi connectivity index (χ3v) is 5.66. The number of benzene rings is 2. The van der Waals surface area contributed by atoms with Crippen molar-refractivity contribution in [1.29, 1.82) is 0 Å². The number of ether oxygens (including phenoxy) is 2. The van der Waals surface area contributed by atoms with Crippen LogP contribution >= 0.6 is 0 Å². The molecular formula is C22H21NO4. The summed E-state index contributed by atoms with van der Waals surface area (Å²) in [5.74, 6) is 1.66. The van der Waals surface area contributed by atoms with Gasteiger partial charge in [-0.15, -0.1) is 0 Å². The highest BCUT2D eigenvalue weighted by Gasteiger charge is 2.26. The summed E-state index contributed by atoms with van der Waals surface area (Å²) in [5.41, 5.74) is 5.59. The first-order chi connectivity index (χ1) is 13.2. The van der Waals surface area contributed by atoms with Crippen molar-refractivity contribution in [1.82, 2.24) is 0 Å². The topological polar surface area (TPSA) is 51.9 Å². The Hall–Kier alpha value is -2.95. The van der Waals surface area contributed by atoms with Gasteiger partial charge < -0.3 is 18.8 Å². The van der Waals surface area contributed by atoms with Gasteiger partial charge in [-0.05, 0) is 49.9 Å². The van der Waals surface area contributed by atoms with E-state index in [2.05, 4.69) is 17.0 Å². The number of hydrogen-bond donors (Lipinski definition) is 0. The summed E-state index contributed by atoms with van der Waals surface area (Å²) >= 11 is 0. The normalized spacial score (nSPS) is 15.4. The fourth-order valence-corrected chi connectivity index (χ4v) is 4.31. The summed E-state index contributed by atoms with van der Waals surface area (Å²) in [7, 11) is 1.67. The Morgan fingerprint density at radius 3 is 2.85 bits per heavy atom. The van der Waals surface area contributed by atoms with Gasteiger partial charge in [0.25, 0.3) is 0 Å². The molecule has 1 aliphatic heterocycles. The van der Waals surface area contributed by atoms with E-state index >= 15 is 0 Å². The van der Waals surface area contributed by atoms with Crippen LogP contribution in [0.15, 0.2) is 39.5 Å². The van der Waals surface area contributed by atoms with E-state index in [4.69, 9.17) is 13.9 Å². The lowest BCUT2D eigenvalue weighted by atomic mass is 9.99. The second-order valence-corrected chi connectivity index (χ2v) is 7.24. The second kappa shape index (κ2) is 6.05. The van der Waals surface area contributed by atoms with E-state index in [0.29, 0.717) is 12.3 Å². The van der Waals surface area contributed by atoms with Gasteiger partial charge in [0.1, 0.15) is 17.1 Å². The monoisotopic (exact) mass is 363 g/mol. The molecule has 5 rings (SSSR count). The average molecular weight is 363 g/mol. The molecule has 0 fully saturated rings. The minimum atomic E-state index is -0.188. The number of nitrogens with zero attached hydrogens (tertiary/aromatic N) is 1. The number of fused-ring (bicyclic) bond motifs is 4. The molecule has 5 heteroatoms. The average Bonchev–Trinajstić information content (AvgIpc) is 3.20. The van der Waals surface area contributed by atoms with Gasteiger partial charge in [0.15, 0.2) is 6.73 Å². The maximum absolute atomic E-state index is 12.3. The highest BCUT2D eigenvalue weighted by Crippen LogP contribution is 2.39. The largest absolute Gasteiger partial charge is 0.497 e. The van der Waals surface area contributed by atoms with Crippen LogP contribution in [0.2, 0.25) is 0 Å². The van der Waals surface area contributed by atoms with Gasteiger partial charge in [0.2, 0.25) is 0 Å². The van der Waals surface area contributed by atoms with Gasteiger partial charge in [-0.25, -0.2) is 4.79 Å². The molecule has 0 unspecified atom stereocenters. The van der Waals surface area contributed by atoms with Gasteiger partial charge in [-0.2, -0.15) is 0 Å². The fraction of sp³-hybridized carbons (Fsp3) is 0.318. The molecule has 27 heavy (non-hydrogen) atoms. The quantitative estimate of drug-likeness (QED) is 0.645. The van der Waals surface area contributed by atoms with Crippen LogP contribution in [0.3, 0.4) is 0 Å². The molecule has 0 saturated heterocycles. The molecule has 138 valence electrons. The lowest BCUT2D eigenvalue weighted by Crippen LogP contribution is -2.32. The molecule has 2 aromatic carbocycles. The first-order valence-electron chi connectivity index (χ1n) is 9.28. The molecule has 3 aromatic rings.